The van der Waals surface area contributed by atoms with Crippen LogP contribution in [0.4, 0.5) is 0 Å². The lowest BCUT2D eigenvalue weighted by molar-refractivity contribution is 0.0998. The molecule has 0 radical (unpaired) electrons. The second-order valence-corrected chi connectivity index (χ2v) is 5.61. The molecule has 1 aromatic carbocycles. The zero-order valence-corrected chi connectivity index (χ0v) is 12.4. The number of halogens is 1. The van der Waals surface area contributed by atoms with E-state index in [4.69, 9.17) is 4.74 Å². The van der Waals surface area contributed by atoms with Gasteiger partial charge in [-0.3, -0.25) is 0 Å². The van der Waals surface area contributed by atoms with Crippen molar-refractivity contribution in [3.63, 3.8) is 0 Å². The Morgan fingerprint density at radius 2 is 1.88 bits per heavy atom. The summed E-state index contributed by atoms with van der Waals surface area (Å²) in [5, 5.41) is 1.05. The van der Waals surface area contributed by atoms with Crippen LogP contribution in [-0.2, 0) is 11.2 Å². The monoisotopic (exact) mass is 298 g/mol. The van der Waals surface area contributed by atoms with E-state index in [1.807, 2.05) is 0 Å². The Hall–Kier alpha value is -0.340. The predicted octanol–water partition coefficient (Wildman–Crippen LogP) is 4.30. The number of hydrogen-bond acceptors (Lipinski definition) is 1. The SMILES string of the molecule is CC(C)COCCC(CBr)Cc1ccccc1. The summed E-state index contributed by atoms with van der Waals surface area (Å²) in [6, 6.07) is 10.7. The third-order valence-corrected chi connectivity index (χ3v) is 3.62. The van der Waals surface area contributed by atoms with Crippen molar-refractivity contribution in [1.29, 1.82) is 0 Å². The molecular weight excluding hydrogens is 276 g/mol. The molecule has 0 fully saturated rings. The highest BCUT2D eigenvalue weighted by atomic mass is 79.9. The molecule has 1 rings (SSSR count). The minimum absolute atomic E-state index is 0.631. The van der Waals surface area contributed by atoms with E-state index in [9.17, 15) is 0 Å². The second-order valence-electron chi connectivity index (χ2n) is 4.97. The number of alkyl halides is 1. The van der Waals surface area contributed by atoms with Crippen LogP contribution in [0.1, 0.15) is 25.8 Å². The topological polar surface area (TPSA) is 9.23 Å². The Morgan fingerprint density at radius 3 is 2.47 bits per heavy atom. The maximum atomic E-state index is 5.64. The van der Waals surface area contributed by atoms with Gasteiger partial charge < -0.3 is 4.74 Å². The third-order valence-electron chi connectivity index (χ3n) is 2.71. The van der Waals surface area contributed by atoms with Crippen LogP contribution in [0.5, 0.6) is 0 Å². The Bertz CT molecular complexity index is 284. The van der Waals surface area contributed by atoms with Crippen LogP contribution >= 0.6 is 15.9 Å². The molecule has 0 saturated heterocycles. The first-order valence-corrected chi connectivity index (χ1v) is 7.52. The van der Waals surface area contributed by atoms with Gasteiger partial charge in [0, 0.05) is 18.5 Å². The van der Waals surface area contributed by atoms with E-state index in [1.54, 1.807) is 0 Å². The lowest BCUT2D eigenvalue weighted by Crippen LogP contribution is -2.11. The van der Waals surface area contributed by atoms with Gasteiger partial charge >= 0.3 is 0 Å². The molecule has 1 atom stereocenters. The summed E-state index contributed by atoms with van der Waals surface area (Å²) in [4.78, 5) is 0. The Labute approximate surface area is 114 Å². The summed E-state index contributed by atoms with van der Waals surface area (Å²) in [7, 11) is 0. The van der Waals surface area contributed by atoms with E-state index < -0.39 is 0 Å². The van der Waals surface area contributed by atoms with Gasteiger partial charge in [0.1, 0.15) is 0 Å². The smallest absolute Gasteiger partial charge is 0.0488 e. The molecule has 2 heteroatoms. The normalized spacial score (nSPS) is 12.9. The zero-order valence-electron chi connectivity index (χ0n) is 10.9. The molecule has 0 aliphatic carbocycles. The van der Waals surface area contributed by atoms with Crippen LogP contribution in [0.3, 0.4) is 0 Å². The minimum atomic E-state index is 0.631. The molecule has 0 bridgehead atoms. The summed E-state index contributed by atoms with van der Waals surface area (Å²) in [5.74, 6) is 1.30. The van der Waals surface area contributed by atoms with E-state index in [2.05, 4.69) is 60.1 Å². The maximum Gasteiger partial charge on any atom is 0.0488 e. The molecule has 0 aliphatic heterocycles. The molecule has 0 amide bonds. The summed E-state index contributed by atoms with van der Waals surface area (Å²) in [6.45, 7) is 6.12. The highest BCUT2D eigenvalue weighted by Crippen LogP contribution is 2.15. The van der Waals surface area contributed by atoms with Gasteiger partial charge in [0.05, 0.1) is 0 Å². The van der Waals surface area contributed by atoms with Gasteiger partial charge in [-0.15, -0.1) is 0 Å². The molecule has 0 N–H and O–H groups in total. The van der Waals surface area contributed by atoms with Crippen molar-refractivity contribution in [1.82, 2.24) is 0 Å². The van der Waals surface area contributed by atoms with Gasteiger partial charge in [0.15, 0.2) is 0 Å². The van der Waals surface area contributed by atoms with Crippen LogP contribution in [0, 0.1) is 11.8 Å². The van der Waals surface area contributed by atoms with Crippen LogP contribution in [0.2, 0.25) is 0 Å². The number of ether oxygens (including phenoxy) is 1. The van der Waals surface area contributed by atoms with Crippen molar-refractivity contribution < 1.29 is 4.74 Å². The Balaban J connectivity index is 2.24. The number of benzene rings is 1. The molecule has 17 heavy (non-hydrogen) atoms. The fraction of sp³-hybridized carbons (Fsp3) is 0.600. The molecule has 0 heterocycles. The molecule has 0 spiro atoms. The third kappa shape index (κ3) is 6.85. The number of rotatable bonds is 8. The summed E-state index contributed by atoms with van der Waals surface area (Å²) < 4.78 is 5.64. The molecular formula is C15H23BrO. The van der Waals surface area contributed by atoms with Gasteiger partial charge in [0.25, 0.3) is 0 Å². The fourth-order valence-corrected chi connectivity index (χ4v) is 2.30. The Kier molecular flexibility index (Phi) is 7.54. The lowest BCUT2D eigenvalue weighted by Gasteiger charge is -2.14. The Morgan fingerprint density at radius 1 is 1.18 bits per heavy atom. The van der Waals surface area contributed by atoms with Crippen LogP contribution < -0.4 is 0 Å². The molecule has 1 nitrogen and oxygen atoms in total. The van der Waals surface area contributed by atoms with Gasteiger partial charge in [-0.2, -0.15) is 0 Å². The second kappa shape index (κ2) is 8.71. The van der Waals surface area contributed by atoms with E-state index in [0.29, 0.717) is 11.8 Å². The number of hydrogen-bond donors (Lipinski definition) is 0. The lowest BCUT2D eigenvalue weighted by atomic mass is 9.98. The molecule has 0 aromatic heterocycles. The highest BCUT2D eigenvalue weighted by molar-refractivity contribution is 9.09. The molecule has 1 aromatic rings. The zero-order chi connectivity index (χ0) is 12.5. The molecule has 0 saturated carbocycles. The maximum absolute atomic E-state index is 5.64. The molecule has 96 valence electrons. The van der Waals surface area contributed by atoms with E-state index in [-0.39, 0.29) is 0 Å². The first kappa shape index (κ1) is 14.7. The van der Waals surface area contributed by atoms with E-state index in [1.165, 1.54) is 5.56 Å². The van der Waals surface area contributed by atoms with Crippen molar-refractivity contribution in [2.45, 2.75) is 26.7 Å². The summed E-state index contributed by atoms with van der Waals surface area (Å²) >= 11 is 3.60. The average Bonchev–Trinajstić information content (AvgIpc) is 2.34. The molecule has 1 unspecified atom stereocenters. The van der Waals surface area contributed by atoms with Gasteiger partial charge in [0.2, 0.25) is 0 Å². The fourth-order valence-electron chi connectivity index (χ4n) is 1.75. The van der Waals surface area contributed by atoms with Crippen LogP contribution in [-0.4, -0.2) is 18.5 Å². The predicted molar refractivity (Wildman–Crippen MR) is 77.7 cm³/mol. The van der Waals surface area contributed by atoms with Crippen molar-refractivity contribution in [3.8, 4) is 0 Å². The quantitative estimate of drug-likeness (QED) is 0.513. The van der Waals surface area contributed by atoms with Crippen molar-refractivity contribution in [2.75, 3.05) is 18.5 Å². The summed E-state index contributed by atoms with van der Waals surface area (Å²) in [6.07, 6.45) is 2.27. The first-order chi connectivity index (χ1) is 8.22. The van der Waals surface area contributed by atoms with Gasteiger partial charge in [-0.1, -0.05) is 60.1 Å². The van der Waals surface area contributed by atoms with Crippen molar-refractivity contribution in [3.05, 3.63) is 35.9 Å². The van der Waals surface area contributed by atoms with Gasteiger partial charge in [-0.25, -0.2) is 0 Å². The standard InChI is InChI=1S/C15H23BrO/c1-13(2)12-17-9-8-15(11-16)10-14-6-4-3-5-7-14/h3-7,13,15H,8-12H2,1-2H3. The van der Waals surface area contributed by atoms with E-state index >= 15 is 0 Å². The van der Waals surface area contributed by atoms with Crippen molar-refractivity contribution in [2.24, 2.45) is 11.8 Å². The van der Waals surface area contributed by atoms with E-state index in [0.717, 1.165) is 31.4 Å². The van der Waals surface area contributed by atoms with Crippen LogP contribution in [0.25, 0.3) is 0 Å². The molecule has 0 aliphatic rings. The minimum Gasteiger partial charge on any atom is -0.381 e. The average molecular weight is 299 g/mol. The first-order valence-electron chi connectivity index (χ1n) is 6.40. The largest absolute Gasteiger partial charge is 0.381 e. The van der Waals surface area contributed by atoms with Crippen molar-refractivity contribution >= 4 is 15.9 Å². The van der Waals surface area contributed by atoms with Gasteiger partial charge in [-0.05, 0) is 30.2 Å². The summed E-state index contributed by atoms with van der Waals surface area (Å²) in [5.41, 5.74) is 1.42. The van der Waals surface area contributed by atoms with Crippen LogP contribution in [0.15, 0.2) is 30.3 Å². The highest BCUT2D eigenvalue weighted by Gasteiger charge is 2.08.